The van der Waals surface area contributed by atoms with E-state index in [2.05, 4.69) is 9.97 Å². The Kier molecular flexibility index (Phi) is 3.49. The van der Waals surface area contributed by atoms with Gasteiger partial charge < -0.3 is 10.0 Å². The van der Waals surface area contributed by atoms with Crippen LogP contribution in [0.4, 0.5) is 10.2 Å². The molecule has 0 amide bonds. The minimum Gasteiger partial charge on any atom is -0.395 e. The van der Waals surface area contributed by atoms with Gasteiger partial charge in [0, 0.05) is 18.5 Å². The molecule has 1 aromatic carbocycles. The van der Waals surface area contributed by atoms with Gasteiger partial charge in [0.2, 0.25) is 0 Å². The van der Waals surface area contributed by atoms with E-state index in [0.29, 0.717) is 29.8 Å². The molecule has 1 aromatic heterocycles. The molecule has 5 heteroatoms. The first kappa shape index (κ1) is 11.7. The number of likely N-dealkylation sites (N-methyl/N-ethyl adjacent to an activating group) is 1. The predicted octanol–water partition coefficient (Wildman–Crippen LogP) is 1.59. The van der Waals surface area contributed by atoms with E-state index in [-0.39, 0.29) is 12.4 Å². The summed E-state index contributed by atoms with van der Waals surface area (Å²) in [6.07, 6.45) is 1.45. The number of nitrogens with zero attached hydrogens (tertiary/aromatic N) is 3. The van der Waals surface area contributed by atoms with E-state index >= 15 is 0 Å². The Morgan fingerprint density at radius 3 is 2.88 bits per heavy atom. The molecule has 17 heavy (non-hydrogen) atoms. The van der Waals surface area contributed by atoms with Gasteiger partial charge in [0.15, 0.2) is 0 Å². The van der Waals surface area contributed by atoms with Crippen molar-refractivity contribution in [2.75, 3.05) is 24.6 Å². The average molecular weight is 235 g/mol. The van der Waals surface area contributed by atoms with E-state index in [9.17, 15) is 4.39 Å². The molecule has 90 valence electrons. The Bertz CT molecular complexity index is 518. The van der Waals surface area contributed by atoms with E-state index in [0.717, 1.165) is 0 Å². The topological polar surface area (TPSA) is 49.2 Å². The minimum atomic E-state index is -0.311. The second kappa shape index (κ2) is 5.05. The fourth-order valence-electron chi connectivity index (χ4n) is 1.80. The number of halogens is 1. The monoisotopic (exact) mass is 235 g/mol. The summed E-state index contributed by atoms with van der Waals surface area (Å²) < 4.78 is 13.2. The molecule has 2 aromatic rings. The van der Waals surface area contributed by atoms with Gasteiger partial charge in [-0.25, -0.2) is 14.4 Å². The van der Waals surface area contributed by atoms with Crippen LogP contribution in [0.15, 0.2) is 24.5 Å². The largest absolute Gasteiger partial charge is 0.395 e. The number of rotatable bonds is 4. The highest BCUT2D eigenvalue weighted by Gasteiger charge is 2.10. The normalized spacial score (nSPS) is 10.8. The summed E-state index contributed by atoms with van der Waals surface area (Å²) in [4.78, 5) is 10.2. The third-order valence-corrected chi connectivity index (χ3v) is 2.63. The van der Waals surface area contributed by atoms with E-state index in [1.54, 1.807) is 6.07 Å². The van der Waals surface area contributed by atoms with Crippen molar-refractivity contribution in [1.29, 1.82) is 0 Å². The zero-order valence-corrected chi connectivity index (χ0v) is 9.60. The summed E-state index contributed by atoms with van der Waals surface area (Å²) in [6, 6.07) is 4.43. The van der Waals surface area contributed by atoms with Crippen LogP contribution in [0.5, 0.6) is 0 Å². The highest BCUT2D eigenvalue weighted by Crippen LogP contribution is 2.23. The van der Waals surface area contributed by atoms with Crippen molar-refractivity contribution in [2.24, 2.45) is 0 Å². The molecule has 0 saturated heterocycles. The van der Waals surface area contributed by atoms with Gasteiger partial charge in [0.1, 0.15) is 18.0 Å². The van der Waals surface area contributed by atoms with Crippen LogP contribution in [0.3, 0.4) is 0 Å². The lowest BCUT2D eigenvalue weighted by Crippen LogP contribution is -2.27. The van der Waals surface area contributed by atoms with E-state index in [4.69, 9.17) is 5.11 Å². The Hall–Kier alpha value is -1.75. The summed E-state index contributed by atoms with van der Waals surface area (Å²) >= 11 is 0. The van der Waals surface area contributed by atoms with Crippen molar-refractivity contribution in [3.8, 4) is 0 Å². The van der Waals surface area contributed by atoms with Crippen LogP contribution in [0.25, 0.3) is 10.9 Å². The van der Waals surface area contributed by atoms with Crippen LogP contribution in [-0.4, -0.2) is 34.8 Å². The summed E-state index contributed by atoms with van der Waals surface area (Å²) in [6.45, 7) is 3.17. The maximum absolute atomic E-state index is 13.2. The SMILES string of the molecule is CCN(CCO)c1ncnc2ccc(F)cc12. The summed E-state index contributed by atoms with van der Waals surface area (Å²) in [5.41, 5.74) is 0.702. The molecule has 1 N–H and O–H groups in total. The van der Waals surface area contributed by atoms with Crippen molar-refractivity contribution < 1.29 is 9.50 Å². The lowest BCUT2D eigenvalue weighted by Gasteiger charge is -2.21. The van der Waals surface area contributed by atoms with Crippen molar-refractivity contribution in [1.82, 2.24) is 9.97 Å². The lowest BCUT2D eigenvalue weighted by atomic mass is 10.2. The van der Waals surface area contributed by atoms with Crippen LogP contribution in [-0.2, 0) is 0 Å². The van der Waals surface area contributed by atoms with Crippen LogP contribution >= 0.6 is 0 Å². The fourth-order valence-corrected chi connectivity index (χ4v) is 1.80. The zero-order chi connectivity index (χ0) is 12.3. The summed E-state index contributed by atoms with van der Waals surface area (Å²) in [5.74, 6) is 0.347. The highest BCUT2D eigenvalue weighted by atomic mass is 19.1. The van der Waals surface area contributed by atoms with E-state index in [1.165, 1.54) is 18.5 Å². The number of aromatic nitrogens is 2. The summed E-state index contributed by atoms with van der Waals surface area (Å²) in [7, 11) is 0. The van der Waals surface area contributed by atoms with Crippen molar-refractivity contribution >= 4 is 16.7 Å². The average Bonchev–Trinajstić information content (AvgIpc) is 2.35. The molecule has 0 spiro atoms. The first-order valence-electron chi connectivity index (χ1n) is 5.52. The number of hydrogen-bond donors (Lipinski definition) is 1. The van der Waals surface area contributed by atoms with Crippen LogP contribution in [0.2, 0.25) is 0 Å². The Labute approximate surface area is 98.7 Å². The van der Waals surface area contributed by atoms with Crippen LogP contribution < -0.4 is 4.90 Å². The van der Waals surface area contributed by atoms with Crippen molar-refractivity contribution in [2.45, 2.75) is 6.92 Å². The molecule has 0 saturated carbocycles. The van der Waals surface area contributed by atoms with Gasteiger partial charge in [-0.2, -0.15) is 0 Å². The third-order valence-electron chi connectivity index (χ3n) is 2.63. The quantitative estimate of drug-likeness (QED) is 0.874. The number of fused-ring (bicyclic) bond motifs is 1. The van der Waals surface area contributed by atoms with Gasteiger partial charge in [0.25, 0.3) is 0 Å². The summed E-state index contributed by atoms with van der Waals surface area (Å²) in [5, 5.41) is 9.67. The molecule has 0 aliphatic carbocycles. The first-order chi connectivity index (χ1) is 8.26. The molecule has 0 aliphatic heterocycles. The molecular formula is C12H14FN3O. The second-order valence-corrected chi connectivity index (χ2v) is 3.66. The van der Waals surface area contributed by atoms with Gasteiger partial charge in [-0.15, -0.1) is 0 Å². The molecule has 4 nitrogen and oxygen atoms in total. The van der Waals surface area contributed by atoms with Gasteiger partial charge in [-0.3, -0.25) is 0 Å². The van der Waals surface area contributed by atoms with Crippen molar-refractivity contribution in [3.05, 3.63) is 30.3 Å². The molecule has 0 bridgehead atoms. The Morgan fingerprint density at radius 1 is 1.35 bits per heavy atom. The molecule has 1 heterocycles. The number of aliphatic hydroxyl groups is 1. The molecule has 0 aliphatic rings. The van der Waals surface area contributed by atoms with Gasteiger partial charge in [-0.1, -0.05) is 0 Å². The lowest BCUT2D eigenvalue weighted by molar-refractivity contribution is 0.302. The first-order valence-corrected chi connectivity index (χ1v) is 5.52. The van der Waals surface area contributed by atoms with E-state index in [1.807, 2.05) is 11.8 Å². The molecule has 0 unspecified atom stereocenters. The fraction of sp³-hybridized carbons (Fsp3) is 0.333. The molecular weight excluding hydrogens is 221 g/mol. The Morgan fingerprint density at radius 2 is 2.18 bits per heavy atom. The Balaban J connectivity index is 2.55. The number of anilines is 1. The standard InChI is InChI=1S/C12H14FN3O/c1-2-16(5-6-17)12-10-7-9(13)3-4-11(10)14-8-15-12/h3-4,7-8,17H,2,5-6H2,1H3. The molecule has 2 rings (SSSR count). The maximum atomic E-state index is 13.2. The van der Waals surface area contributed by atoms with Crippen molar-refractivity contribution in [3.63, 3.8) is 0 Å². The van der Waals surface area contributed by atoms with Crippen LogP contribution in [0.1, 0.15) is 6.92 Å². The number of hydrogen-bond acceptors (Lipinski definition) is 4. The second-order valence-electron chi connectivity index (χ2n) is 3.66. The number of aliphatic hydroxyl groups excluding tert-OH is 1. The smallest absolute Gasteiger partial charge is 0.140 e. The minimum absolute atomic E-state index is 0.0364. The van der Waals surface area contributed by atoms with E-state index < -0.39 is 0 Å². The number of benzene rings is 1. The highest BCUT2D eigenvalue weighted by molar-refractivity contribution is 5.89. The molecule has 0 radical (unpaired) electrons. The van der Waals surface area contributed by atoms with Crippen LogP contribution in [0, 0.1) is 5.82 Å². The van der Waals surface area contributed by atoms with Gasteiger partial charge >= 0.3 is 0 Å². The van der Waals surface area contributed by atoms with Gasteiger partial charge in [0.05, 0.1) is 12.1 Å². The molecule has 0 atom stereocenters. The zero-order valence-electron chi connectivity index (χ0n) is 9.60. The molecule has 0 fully saturated rings. The van der Waals surface area contributed by atoms with Gasteiger partial charge in [-0.05, 0) is 25.1 Å². The predicted molar refractivity (Wildman–Crippen MR) is 64.5 cm³/mol. The maximum Gasteiger partial charge on any atom is 0.140 e. The third kappa shape index (κ3) is 2.34.